The van der Waals surface area contributed by atoms with Crippen LogP contribution in [-0.2, 0) is 0 Å². The minimum Gasteiger partial charge on any atom is -0.508 e. The van der Waals surface area contributed by atoms with Crippen molar-refractivity contribution >= 4 is 11.4 Å². The van der Waals surface area contributed by atoms with E-state index in [2.05, 4.69) is 25.4 Å². The molecular formula is C14H11N5O2. The van der Waals surface area contributed by atoms with E-state index in [0.717, 1.165) is 0 Å². The standard InChI is InChI=1S/C14H11N5O2/c20-11-3-1-2-9(8-11)12-13(14(21)19-17-12)18-16-10-4-6-15-7-5-10/h1-8,20H,(H2,17,19,21). The Morgan fingerprint density at radius 1 is 1.05 bits per heavy atom. The molecule has 0 saturated carbocycles. The van der Waals surface area contributed by atoms with Gasteiger partial charge in [-0.1, -0.05) is 12.1 Å². The van der Waals surface area contributed by atoms with Gasteiger partial charge >= 0.3 is 0 Å². The molecule has 3 rings (SSSR count). The summed E-state index contributed by atoms with van der Waals surface area (Å²) in [5.41, 5.74) is 1.46. The monoisotopic (exact) mass is 281 g/mol. The van der Waals surface area contributed by atoms with Crippen LogP contribution in [0.25, 0.3) is 11.3 Å². The first-order chi connectivity index (χ1) is 10.2. The molecule has 0 saturated heterocycles. The molecule has 0 aliphatic carbocycles. The minimum atomic E-state index is -0.383. The number of rotatable bonds is 3. The number of azo groups is 1. The molecule has 21 heavy (non-hydrogen) atoms. The van der Waals surface area contributed by atoms with Crippen LogP contribution in [0, 0.1) is 0 Å². The van der Waals surface area contributed by atoms with Crippen LogP contribution in [0.4, 0.5) is 11.4 Å². The fourth-order valence-corrected chi connectivity index (χ4v) is 1.84. The van der Waals surface area contributed by atoms with Crippen molar-refractivity contribution in [3.8, 4) is 17.0 Å². The lowest BCUT2D eigenvalue weighted by Crippen LogP contribution is -1.96. The third-order valence-electron chi connectivity index (χ3n) is 2.82. The highest BCUT2D eigenvalue weighted by atomic mass is 16.3. The van der Waals surface area contributed by atoms with Crippen molar-refractivity contribution in [2.24, 2.45) is 10.2 Å². The van der Waals surface area contributed by atoms with Gasteiger partial charge < -0.3 is 5.11 Å². The van der Waals surface area contributed by atoms with Gasteiger partial charge in [-0.05, 0) is 24.3 Å². The number of pyridine rings is 1. The molecule has 0 unspecified atom stereocenters. The summed E-state index contributed by atoms with van der Waals surface area (Å²) in [6, 6.07) is 9.87. The Morgan fingerprint density at radius 2 is 1.86 bits per heavy atom. The van der Waals surface area contributed by atoms with Gasteiger partial charge in [0, 0.05) is 18.0 Å². The summed E-state index contributed by atoms with van der Waals surface area (Å²) in [4.78, 5) is 15.7. The molecule has 0 radical (unpaired) electrons. The van der Waals surface area contributed by atoms with Crippen LogP contribution in [0.15, 0.2) is 63.8 Å². The maximum Gasteiger partial charge on any atom is 0.292 e. The molecule has 7 heteroatoms. The zero-order valence-corrected chi connectivity index (χ0v) is 10.8. The smallest absolute Gasteiger partial charge is 0.292 e. The van der Waals surface area contributed by atoms with Gasteiger partial charge in [-0.3, -0.25) is 20.0 Å². The Labute approximate surface area is 119 Å². The number of phenols is 1. The molecular weight excluding hydrogens is 270 g/mol. The van der Waals surface area contributed by atoms with E-state index < -0.39 is 0 Å². The lowest BCUT2D eigenvalue weighted by atomic mass is 10.1. The van der Waals surface area contributed by atoms with E-state index in [4.69, 9.17) is 0 Å². The normalized spacial score (nSPS) is 11.0. The van der Waals surface area contributed by atoms with Gasteiger partial charge in [-0.2, -0.15) is 5.11 Å². The number of aromatic nitrogens is 3. The molecule has 7 nitrogen and oxygen atoms in total. The molecule has 0 amide bonds. The van der Waals surface area contributed by atoms with Crippen molar-refractivity contribution in [1.29, 1.82) is 0 Å². The molecule has 2 aromatic heterocycles. The van der Waals surface area contributed by atoms with Gasteiger partial charge in [-0.25, -0.2) is 0 Å². The molecule has 0 aliphatic rings. The Bertz CT molecular complexity index is 836. The number of aromatic amines is 2. The summed E-state index contributed by atoms with van der Waals surface area (Å²) in [7, 11) is 0. The maximum atomic E-state index is 11.8. The Morgan fingerprint density at radius 3 is 2.62 bits per heavy atom. The zero-order chi connectivity index (χ0) is 14.7. The Kier molecular flexibility index (Phi) is 3.30. The minimum absolute atomic E-state index is 0.103. The number of nitrogens with zero attached hydrogens (tertiary/aromatic N) is 3. The van der Waals surface area contributed by atoms with Crippen LogP contribution in [-0.4, -0.2) is 20.3 Å². The van der Waals surface area contributed by atoms with Crippen LogP contribution in [0.3, 0.4) is 0 Å². The van der Waals surface area contributed by atoms with Gasteiger partial charge in [-0.15, -0.1) is 5.11 Å². The highest BCUT2D eigenvalue weighted by Gasteiger charge is 2.11. The topological polar surface area (TPSA) is 106 Å². The van der Waals surface area contributed by atoms with Crippen LogP contribution in [0.2, 0.25) is 0 Å². The Balaban J connectivity index is 2.02. The highest BCUT2D eigenvalue weighted by Crippen LogP contribution is 2.28. The molecule has 0 aliphatic heterocycles. The molecule has 3 aromatic rings. The first-order valence-electron chi connectivity index (χ1n) is 6.16. The fourth-order valence-electron chi connectivity index (χ4n) is 1.84. The quantitative estimate of drug-likeness (QED) is 0.642. The summed E-state index contributed by atoms with van der Waals surface area (Å²) >= 11 is 0. The second-order valence-corrected chi connectivity index (χ2v) is 4.26. The lowest BCUT2D eigenvalue weighted by Gasteiger charge is -1.99. The zero-order valence-electron chi connectivity index (χ0n) is 10.8. The number of phenolic OH excluding ortho intramolecular Hbond substituents is 1. The first-order valence-corrected chi connectivity index (χ1v) is 6.16. The fraction of sp³-hybridized carbons (Fsp3) is 0. The molecule has 0 spiro atoms. The predicted octanol–water partition coefficient (Wildman–Crippen LogP) is 2.89. The summed E-state index contributed by atoms with van der Waals surface area (Å²) in [5, 5.41) is 22.7. The number of benzene rings is 1. The molecule has 1 aromatic carbocycles. The van der Waals surface area contributed by atoms with E-state index in [0.29, 0.717) is 16.9 Å². The number of hydrogen-bond donors (Lipinski definition) is 3. The van der Waals surface area contributed by atoms with E-state index >= 15 is 0 Å². The highest BCUT2D eigenvalue weighted by molar-refractivity contribution is 5.72. The van der Waals surface area contributed by atoms with Gasteiger partial charge in [0.15, 0.2) is 5.69 Å². The number of H-pyrrole nitrogens is 2. The van der Waals surface area contributed by atoms with Crippen molar-refractivity contribution in [2.45, 2.75) is 0 Å². The average molecular weight is 281 g/mol. The molecule has 0 fully saturated rings. The van der Waals surface area contributed by atoms with Crippen molar-refractivity contribution in [3.63, 3.8) is 0 Å². The Hall–Kier alpha value is -3.22. The summed E-state index contributed by atoms with van der Waals surface area (Å²) < 4.78 is 0. The van der Waals surface area contributed by atoms with E-state index in [1.165, 1.54) is 6.07 Å². The van der Waals surface area contributed by atoms with Crippen LogP contribution < -0.4 is 5.56 Å². The second kappa shape index (κ2) is 5.41. The van der Waals surface area contributed by atoms with Crippen LogP contribution in [0.1, 0.15) is 0 Å². The summed E-state index contributed by atoms with van der Waals surface area (Å²) in [6.07, 6.45) is 3.18. The predicted molar refractivity (Wildman–Crippen MR) is 76.9 cm³/mol. The third-order valence-corrected chi connectivity index (χ3v) is 2.82. The number of nitrogens with one attached hydrogen (secondary N) is 2. The summed E-state index contributed by atoms with van der Waals surface area (Å²) in [6.45, 7) is 0. The van der Waals surface area contributed by atoms with E-state index in [9.17, 15) is 9.90 Å². The molecule has 2 heterocycles. The van der Waals surface area contributed by atoms with Gasteiger partial charge in [0.2, 0.25) is 0 Å². The molecule has 0 atom stereocenters. The van der Waals surface area contributed by atoms with E-state index in [-0.39, 0.29) is 17.0 Å². The van der Waals surface area contributed by atoms with Gasteiger partial charge in [0.1, 0.15) is 5.75 Å². The second-order valence-electron chi connectivity index (χ2n) is 4.26. The van der Waals surface area contributed by atoms with Crippen LogP contribution in [0.5, 0.6) is 5.75 Å². The molecule has 104 valence electrons. The average Bonchev–Trinajstić information content (AvgIpc) is 2.87. The van der Waals surface area contributed by atoms with Crippen molar-refractivity contribution in [3.05, 3.63) is 59.1 Å². The number of hydrogen-bond acceptors (Lipinski definition) is 5. The van der Waals surface area contributed by atoms with Crippen LogP contribution >= 0.6 is 0 Å². The first kappa shape index (κ1) is 12.8. The van der Waals surface area contributed by atoms with Crippen molar-refractivity contribution < 1.29 is 5.11 Å². The maximum absolute atomic E-state index is 11.8. The SMILES string of the molecule is O=c1[nH][nH]c(-c2cccc(O)c2)c1N=Nc1ccncc1. The number of aromatic hydroxyl groups is 1. The van der Waals surface area contributed by atoms with Gasteiger partial charge in [0.25, 0.3) is 5.56 Å². The van der Waals surface area contributed by atoms with Crippen molar-refractivity contribution in [1.82, 2.24) is 15.2 Å². The molecule has 0 bridgehead atoms. The van der Waals surface area contributed by atoms with Gasteiger partial charge in [0.05, 0.1) is 11.4 Å². The lowest BCUT2D eigenvalue weighted by molar-refractivity contribution is 0.475. The third kappa shape index (κ3) is 2.71. The summed E-state index contributed by atoms with van der Waals surface area (Å²) in [5.74, 6) is 0.103. The van der Waals surface area contributed by atoms with E-state index in [1.807, 2.05) is 0 Å². The molecule has 3 N–H and O–H groups in total. The van der Waals surface area contributed by atoms with E-state index in [1.54, 1.807) is 42.7 Å². The largest absolute Gasteiger partial charge is 0.508 e. The van der Waals surface area contributed by atoms with Crippen molar-refractivity contribution in [2.75, 3.05) is 0 Å².